The van der Waals surface area contributed by atoms with Crippen molar-refractivity contribution >= 4 is 23.2 Å². The number of halogens is 2. The third kappa shape index (κ3) is 3.19. The van der Waals surface area contributed by atoms with Crippen LogP contribution in [-0.4, -0.2) is 9.13 Å². The van der Waals surface area contributed by atoms with E-state index in [4.69, 9.17) is 32.7 Å². The maximum Gasteiger partial charge on any atom is 0.144 e. The van der Waals surface area contributed by atoms with Gasteiger partial charge in [-0.05, 0) is 102 Å². The van der Waals surface area contributed by atoms with Gasteiger partial charge >= 0.3 is 0 Å². The molecule has 6 rings (SSSR count). The van der Waals surface area contributed by atoms with Crippen molar-refractivity contribution in [3.05, 3.63) is 93.5 Å². The van der Waals surface area contributed by atoms with Crippen molar-refractivity contribution in [1.29, 1.82) is 0 Å². The van der Waals surface area contributed by atoms with Crippen LogP contribution in [0.2, 0.25) is 10.0 Å². The summed E-state index contributed by atoms with van der Waals surface area (Å²) in [4.78, 5) is 0. The Kier molecular flexibility index (Phi) is 4.60. The van der Waals surface area contributed by atoms with Gasteiger partial charge in [0.2, 0.25) is 0 Å². The third-order valence-corrected chi connectivity index (χ3v) is 7.80. The van der Waals surface area contributed by atoms with Gasteiger partial charge in [-0.15, -0.1) is 0 Å². The molecule has 2 aliphatic heterocycles. The quantitative estimate of drug-likeness (QED) is 0.274. The van der Waals surface area contributed by atoms with Crippen LogP contribution in [0.4, 0.5) is 0 Å². The van der Waals surface area contributed by atoms with Gasteiger partial charge < -0.3 is 18.6 Å². The summed E-state index contributed by atoms with van der Waals surface area (Å²) in [7, 11) is 0. The molecule has 0 atom stereocenters. The van der Waals surface area contributed by atoms with Crippen LogP contribution in [0.1, 0.15) is 64.3 Å². The Morgan fingerprint density at radius 1 is 0.629 bits per heavy atom. The SMILES string of the molecule is CC1(C)Oc2ccc(Cl)cc2-n2c1ccc2C(C)(C)c1ccc2n1-c1cc(Cl)ccc1OC2(C)C. The molecule has 0 saturated heterocycles. The van der Waals surface area contributed by atoms with Crippen molar-refractivity contribution in [3.63, 3.8) is 0 Å². The van der Waals surface area contributed by atoms with Crippen LogP contribution in [-0.2, 0) is 16.6 Å². The molecule has 0 unspecified atom stereocenters. The lowest BCUT2D eigenvalue weighted by Gasteiger charge is -2.39. The van der Waals surface area contributed by atoms with E-state index in [2.05, 4.69) is 74.9 Å². The molecule has 0 amide bonds. The number of benzene rings is 2. The van der Waals surface area contributed by atoms with Crippen LogP contribution in [0.3, 0.4) is 0 Å². The first kappa shape index (κ1) is 22.6. The van der Waals surface area contributed by atoms with E-state index in [1.165, 1.54) is 0 Å². The summed E-state index contributed by atoms with van der Waals surface area (Å²) in [5.41, 5.74) is 5.06. The van der Waals surface area contributed by atoms with Gasteiger partial charge in [-0.1, -0.05) is 23.2 Å². The Morgan fingerprint density at radius 2 is 1.03 bits per heavy atom. The lowest BCUT2D eigenvalue weighted by Crippen LogP contribution is -2.36. The minimum Gasteiger partial charge on any atom is -0.479 e. The maximum absolute atomic E-state index is 6.45. The van der Waals surface area contributed by atoms with Crippen LogP contribution in [0.25, 0.3) is 11.4 Å². The second-order valence-electron chi connectivity index (χ2n) is 11.0. The molecule has 0 spiro atoms. The second-order valence-corrected chi connectivity index (χ2v) is 11.8. The van der Waals surface area contributed by atoms with E-state index in [1.807, 2.05) is 36.4 Å². The molecular formula is C29H28Cl2N2O2. The Hall–Kier alpha value is -2.82. The van der Waals surface area contributed by atoms with Gasteiger partial charge in [0.1, 0.15) is 22.7 Å². The Bertz CT molecular complexity index is 1400. The van der Waals surface area contributed by atoms with E-state index >= 15 is 0 Å². The zero-order chi connectivity index (χ0) is 24.9. The third-order valence-electron chi connectivity index (χ3n) is 7.33. The Balaban J connectivity index is 1.61. The van der Waals surface area contributed by atoms with Gasteiger partial charge in [0.05, 0.1) is 22.8 Å². The van der Waals surface area contributed by atoms with Crippen molar-refractivity contribution in [2.45, 2.75) is 58.2 Å². The predicted octanol–water partition coefficient (Wildman–Crippen LogP) is 8.16. The highest BCUT2D eigenvalue weighted by Gasteiger charge is 2.42. The largest absolute Gasteiger partial charge is 0.479 e. The maximum atomic E-state index is 6.45. The molecule has 0 fully saturated rings. The highest BCUT2D eigenvalue weighted by molar-refractivity contribution is 6.31. The minimum atomic E-state index is -0.482. The van der Waals surface area contributed by atoms with Gasteiger partial charge in [-0.2, -0.15) is 0 Å². The Morgan fingerprint density at radius 3 is 1.43 bits per heavy atom. The van der Waals surface area contributed by atoms with Crippen LogP contribution in [0.5, 0.6) is 11.5 Å². The van der Waals surface area contributed by atoms with E-state index in [9.17, 15) is 0 Å². The fraction of sp³-hybridized carbons (Fsp3) is 0.310. The highest BCUT2D eigenvalue weighted by atomic mass is 35.5. The summed E-state index contributed by atoms with van der Waals surface area (Å²) >= 11 is 12.9. The van der Waals surface area contributed by atoms with Gasteiger partial charge in [0.25, 0.3) is 0 Å². The van der Waals surface area contributed by atoms with E-state index in [0.29, 0.717) is 10.0 Å². The van der Waals surface area contributed by atoms with Gasteiger partial charge in [0, 0.05) is 26.8 Å². The highest BCUT2D eigenvalue weighted by Crippen LogP contribution is 2.48. The van der Waals surface area contributed by atoms with Crippen molar-refractivity contribution in [1.82, 2.24) is 9.13 Å². The van der Waals surface area contributed by atoms with E-state index in [1.54, 1.807) is 0 Å². The topological polar surface area (TPSA) is 28.3 Å². The molecule has 0 bridgehead atoms. The van der Waals surface area contributed by atoms with Crippen LogP contribution in [0, 0.1) is 0 Å². The standard InChI is InChI=1S/C29H28Cl2N2O2/c1-27(2,23-11-13-25-28(3,4)34-21-9-7-17(30)15-19(21)32(23)25)24-12-14-26-29(5,6)35-22-10-8-18(31)16-20(22)33(24)26/h7-16H,1-6H3. The summed E-state index contributed by atoms with van der Waals surface area (Å²) in [6.45, 7) is 12.9. The average Bonchev–Trinajstić information content (AvgIpc) is 3.42. The molecule has 4 nitrogen and oxygen atoms in total. The van der Waals surface area contributed by atoms with Crippen molar-refractivity contribution < 1.29 is 9.47 Å². The number of rotatable bonds is 2. The summed E-state index contributed by atoms with van der Waals surface area (Å²) in [5.74, 6) is 1.65. The number of hydrogen-bond acceptors (Lipinski definition) is 2. The number of fused-ring (bicyclic) bond motifs is 6. The van der Waals surface area contributed by atoms with E-state index in [-0.39, 0.29) is 5.41 Å². The summed E-state index contributed by atoms with van der Waals surface area (Å²) < 4.78 is 17.4. The fourth-order valence-corrected chi connectivity index (χ4v) is 5.93. The number of ether oxygens (including phenoxy) is 2. The zero-order valence-electron chi connectivity index (χ0n) is 20.7. The zero-order valence-corrected chi connectivity index (χ0v) is 22.3. The van der Waals surface area contributed by atoms with Crippen LogP contribution in [0.15, 0.2) is 60.7 Å². The van der Waals surface area contributed by atoms with E-state index < -0.39 is 11.2 Å². The predicted molar refractivity (Wildman–Crippen MR) is 141 cm³/mol. The second kappa shape index (κ2) is 7.11. The molecule has 35 heavy (non-hydrogen) atoms. The molecule has 0 N–H and O–H groups in total. The molecule has 2 aromatic heterocycles. The monoisotopic (exact) mass is 506 g/mol. The Labute approximate surface area is 216 Å². The molecule has 180 valence electrons. The van der Waals surface area contributed by atoms with Gasteiger partial charge in [-0.25, -0.2) is 0 Å². The van der Waals surface area contributed by atoms with Crippen LogP contribution >= 0.6 is 23.2 Å². The molecule has 6 heteroatoms. The van der Waals surface area contributed by atoms with Crippen molar-refractivity contribution in [2.75, 3.05) is 0 Å². The molecule has 4 aromatic rings. The lowest BCUT2D eigenvalue weighted by atomic mass is 9.84. The lowest BCUT2D eigenvalue weighted by molar-refractivity contribution is 0.0911. The molecule has 4 heterocycles. The molecular weight excluding hydrogens is 479 g/mol. The molecule has 2 aromatic carbocycles. The molecule has 0 radical (unpaired) electrons. The van der Waals surface area contributed by atoms with Gasteiger partial charge in [0.15, 0.2) is 0 Å². The molecule has 0 saturated carbocycles. The van der Waals surface area contributed by atoms with Crippen molar-refractivity contribution in [2.24, 2.45) is 0 Å². The van der Waals surface area contributed by atoms with Crippen molar-refractivity contribution in [3.8, 4) is 22.9 Å². The summed E-state index contributed by atoms with van der Waals surface area (Å²) in [6.07, 6.45) is 0. The first-order valence-electron chi connectivity index (χ1n) is 11.8. The smallest absolute Gasteiger partial charge is 0.144 e. The minimum absolute atomic E-state index is 0.378. The molecule has 0 aliphatic carbocycles. The first-order chi connectivity index (χ1) is 16.4. The number of nitrogens with zero attached hydrogens (tertiary/aromatic N) is 2. The van der Waals surface area contributed by atoms with Gasteiger partial charge in [-0.3, -0.25) is 0 Å². The summed E-state index contributed by atoms with van der Waals surface area (Å²) in [6, 6.07) is 20.4. The fourth-order valence-electron chi connectivity index (χ4n) is 5.60. The summed E-state index contributed by atoms with van der Waals surface area (Å²) in [5, 5.41) is 1.36. The number of aromatic nitrogens is 2. The molecule has 2 aliphatic rings. The normalized spacial score (nSPS) is 16.9. The van der Waals surface area contributed by atoms with Crippen LogP contribution < -0.4 is 9.47 Å². The number of hydrogen-bond donors (Lipinski definition) is 0. The first-order valence-corrected chi connectivity index (χ1v) is 12.6. The van der Waals surface area contributed by atoms with E-state index in [0.717, 1.165) is 45.6 Å². The average molecular weight is 507 g/mol.